The Morgan fingerprint density at radius 3 is 2.40 bits per heavy atom. The predicted molar refractivity (Wildman–Crippen MR) is 38.7 cm³/mol. The van der Waals surface area contributed by atoms with Crippen LogP contribution < -0.4 is 9.44 Å². The molecule has 1 aliphatic rings. The van der Waals surface area contributed by atoms with E-state index in [1.807, 2.05) is 13.8 Å². The molecule has 1 fully saturated rings. The lowest BCUT2D eigenvalue weighted by atomic mass is 10.1. The van der Waals surface area contributed by atoms with Crippen LogP contribution in [0.25, 0.3) is 0 Å². The van der Waals surface area contributed by atoms with E-state index in [0.717, 1.165) is 0 Å². The van der Waals surface area contributed by atoms with Gasteiger partial charge in [-0.15, -0.1) is 0 Å². The van der Waals surface area contributed by atoms with E-state index in [1.54, 1.807) is 0 Å². The predicted octanol–water partition coefficient (Wildman–Crippen LogP) is -0.551. The molecule has 5 heteroatoms. The van der Waals surface area contributed by atoms with E-state index in [0.29, 0.717) is 12.5 Å². The third-order valence-corrected chi connectivity index (χ3v) is 3.02. The molecule has 0 aromatic carbocycles. The summed E-state index contributed by atoms with van der Waals surface area (Å²) in [7, 11) is -3.16. The Balaban J connectivity index is 2.66. The topological polar surface area (TPSA) is 58.2 Å². The van der Waals surface area contributed by atoms with Crippen molar-refractivity contribution in [1.29, 1.82) is 0 Å². The van der Waals surface area contributed by atoms with Gasteiger partial charge >= 0.3 is 0 Å². The highest BCUT2D eigenvalue weighted by molar-refractivity contribution is 7.87. The van der Waals surface area contributed by atoms with E-state index >= 15 is 0 Å². The smallest absolute Gasteiger partial charge is 0.202 e. The molecule has 0 spiro atoms. The maximum atomic E-state index is 10.8. The molecule has 1 heterocycles. The summed E-state index contributed by atoms with van der Waals surface area (Å²) in [4.78, 5) is 0. The van der Waals surface area contributed by atoms with Crippen molar-refractivity contribution in [1.82, 2.24) is 9.44 Å². The lowest BCUT2D eigenvalue weighted by Gasteiger charge is -2.26. The number of rotatable bonds is 0. The van der Waals surface area contributed by atoms with Crippen molar-refractivity contribution in [3.8, 4) is 0 Å². The van der Waals surface area contributed by atoms with Gasteiger partial charge in [0.1, 0.15) is 0 Å². The van der Waals surface area contributed by atoms with Crippen LogP contribution in [-0.4, -0.2) is 21.0 Å². The molecule has 1 saturated heterocycles. The molecule has 0 bridgehead atoms. The van der Waals surface area contributed by atoms with Gasteiger partial charge in [0, 0.05) is 12.6 Å². The normalized spacial score (nSPS) is 39.4. The van der Waals surface area contributed by atoms with Gasteiger partial charge in [0.05, 0.1) is 0 Å². The number of hydrogen-bond donors (Lipinski definition) is 2. The highest BCUT2D eigenvalue weighted by Gasteiger charge is 2.24. The molecular weight excluding hydrogens is 152 g/mol. The molecule has 1 aliphatic heterocycles. The minimum atomic E-state index is -3.16. The third-order valence-electron chi connectivity index (χ3n) is 1.79. The van der Waals surface area contributed by atoms with Gasteiger partial charge in [-0.3, -0.25) is 0 Å². The average Bonchev–Trinajstić information content (AvgIpc) is 1.79. The molecule has 1 rings (SSSR count). The number of hydrogen-bond acceptors (Lipinski definition) is 2. The van der Waals surface area contributed by atoms with E-state index in [1.165, 1.54) is 0 Å². The molecule has 0 amide bonds. The van der Waals surface area contributed by atoms with Crippen LogP contribution in [0.15, 0.2) is 0 Å². The van der Waals surface area contributed by atoms with Gasteiger partial charge in [-0.1, -0.05) is 6.92 Å². The third kappa shape index (κ3) is 1.68. The Kier molecular flexibility index (Phi) is 1.98. The Bertz CT molecular complexity index is 212. The van der Waals surface area contributed by atoms with Gasteiger partial charge in [-0.25, -0.2) is 4.72 Å². The van der Waals surface area contributed by atoms with Crippen LogP contribution in [0.2, 0.25) is 0 Å². The van der Waals surface area contributed by atoms with Gasteiger partial charge < -0.3 is 0 Å². The van der Waals surface area contributed by atoms with Crippen LogP contribution in [0.5, 0.6) is 0 Å². The van der Waals surface area contributed by atoms with Crippen molar-refractivity contribution in [3.05, 3.63) is 0 Å². The first-order valence-electron chi connectivity index (χ1n) is 3.28. The molecule has 10 heavy (non-hydrogen) atoms. The summed E-state index contributed by atoms with van der Waals surface area (Å²) < 4.78 is 26.4. The average molecular weight is 164 g/mol. The minimum absolute atomic E-state index is 0.0475. The molecule has 0 aliphatic carbocycles. The van der Waals surface area contributed by atoms with Gasteiger partial charge in [-0.05, 0) is 12.8 Å². The Morgan fingerprint density at radius 1 is 1.40 bits per heavy atom. The molecule has 2 atom stereocenters. The molecule has 0 aromatic heterocycles. The zero-order valence-electron chi connectivity index (χ0n) is 6.09. The van der Waals surface area contributed by atoms with E-state index in [-0.39, 0.29) is 6.04 Å². The molecule has 4 nitrogen and oxygen atoms in total. The van der Waals surface area contributed by atoms with Gasteiger partial charge in [0.2, 0.25) is 0 Å². The first-order chi connectivity index (χ1) is 4.51. The van der Waals surface area contributed by atoms with Crippen LogP contribution in [0.1, 0.15) is 13.8 Å². The van der Waals surface area contributed by atoms with Crippen LogP contribution in [0.4, 0.5) is 0 Å². The largest absolute Gasteiger partial charge is 0.277 e. The molecule has 2 unspecified atom stereocenters. The Morgan fingerprint density at radius 2 is 2.00 bits per heavy atom. The summed E-state index contributed by atoms with van der Waals surface area (Å²) in [6.07, 6.45) is 0. The summed E-state index contributed by atoms with van der Waals surface area (Å²) in [6, 6.07) is 0.0475. The summed E-state index contributed by atoms with van der Waals surface area (Å²) >= 11 is 0. The van der Waals surface area contributed by atoms with E-state index < -0.39 is 10.2 Å². The van der Waals surface area contributed by atoms with Crippen LogP contribution in [0.3, 0.4) is 0 Å². The summed E-state index contributed by atoms with van der Waals surface area (Å²) in [5.74, 6) is 0.364. The van der Waals surface area contributed by atoms with Crippen molar-refractivity contribution in [2.75, 3.05) is 6.54 Å². The highest BCUT2D eigenvalue weighted by Crippen LogP contribution is 2.06. The maximum absolute atomic E-state index is 10.8. The standard InChI is InChI=1S/C5H12N2O2S/c1-4-3-6-10(8,9)7-5(4)2/h4-7H,3H2,1-2H3. The maximum Gasteiger partial charge on any atom is 0.277 e. The van der Waals surface area contributed by atoms with Crippen molar-refractivity contribution in [2.24, 2.45) is 5.92 Å². The van der Waals surface area contributed by atoms with E-state index in [2.05, 4.69) is 9.44 Å². The second-order valence-corrected chi connectivity index (χ2v) is 4.27. The van der Waals surface area contributed by atoms with E-state index in [9.17, 15) is 8.42 Å². The van der Waals surface area contributed by atoms with Crippen molar-refractivity contribution in [2.45, 2.75) is 19.9 Å². The Labute approximate surface area is 61.2 Å². The van der Waals surface area contributed by atoms with Gasteiger partial charge in [0.25, 0.3) is 10.2 Å². The second-order valence-electron chi connectivity index (χ2n) is 2.74. The molecule has 0 saturated carbocycles. The molecule has 0 radical (unpaired) electrons. The lowest BCUT2D eigenvalue weighted by molar-refractivity contribution is 0.406. The zero-order chi connectivity index (χ0) is 7.78. The summed E-state index contributed by atoms with van der Waals surface area (Å²) in [6.45, 7) is 4.40. The molecule has 0 aromatic rings. The quantitative estimate of drug-likeness (QED) is 0.504. The van der Waals surface area contributed by atoms with Crippen molar-refractivity contribution in [3.63, 3.8) is 0 Å². The number of nitrogens with one attached hydrogen (secondary N) is 2. The van der Waals surface area contributed by atoms with E-state index in [4.69, 9.17) is 0 Å². The first kappa shape index (κ1) is 7.97. The summed E-state index contributed by atoms with van der Waals surface area (Å²) in [5, 5.41) is 0. The van der Waals surface area contributed by atoms with Crippen LogP contribution in [-0.2, 0) is 10.2 Å². The van der Waals surface area contributed by atoms with Crippen LogP contribution >= 0.6 is 0 Å². The molecule has 2 N–H and O–H groups in total. The minimum Gasteiger partial charge on any atom is -0.202 e. The fourth-order valence-electron chi connectivity index (χ4n) is 0.820. The van der Waals surface area contributed by atoms with Gasteiger partial charge in [-0.2, -0.15) is 13.1 Å². The highest BCUT2D eigenvalue weighted by atomic mass is 32.2. The first-order valence-corrected chi connectivity index (χ1v) is 4.76. The lowest BCUT2D eigenvalue weighted by Crippen LogP contribution is -2.52. The SMILES string of the molecule is CC1CNS(=O)(=O)NC1C. The van der Waals surface area contributed by atoms with Crippen molar-refractivity contribution < 1.29 is 8.42 Å². The van der Waals surface area contributed by atoms with Crippen molar-refractivity contribution >= 4 is 10.2 Å². The Hall–Kier alpha value is -0.130. The van der Waals surface area contributed by atoms with Crippen LogP contribution in [0, 0.1) is 5.92 Å². The molecule has 60 valence electrons. The molecular formula is C5H12N2O2S. The second kappa shape index (κ2) is 2.48. The van der Waals surface area contributed by atoms with Gasteiger partial charge in [0.15, 0.2) is 0 Å². The fraction of sp³-hybridized carbons (Fsp3) is 1.00. The zero-order valence-corrected chi connectivity index (χ0v) is 6.90. The monoisotopic (exact) mass is 164 g/mol. The summed E-state index contributed by atoms with van der Waals surface area (Å²) in [5.41, 5.74) is 0. The fourth-order valence-corrected chi connectivity index (χ4v) is 2.11.